The predicted octanol–water partition coefficient (Wildman–Crippen LogP) is 2.48. The molecule has 1 aromatic carbocycles. The van der Waals surface area contributed by atoms with E-state index in [1.54, 1.807) is 0 Å². The first-order valence-corrected chi connectivity index (χ1v) is 7.38. The van der Waals surface area contributed by atoms with Crippen LogP contribution in [0.1, 0.15) is 39.7 Å². The number of amides is 1. The number of nitrogens with one attached hydrogen (secondary N) is 2. The number of aliphatic imine (C=N–C) groups is 1. The van der Waals surface area contributed by atoms with Crippen LogP contribution in [0.2, 0.25) is 0 Å². The highest BCUT2D eigenvalue weighted by atomic mass is 16.1. The maximum Gasteiger partial charge on any atom is 0.227 e. The van der Waals surface area contributed by atoms with Gasteiger partial charge in [-0.2, -0.15) is 0 Å². The van der Waals surface area contributed by atoms with Crippen LogP contribution in [0, 0.1) is 5.92 Å². The van der Waals surface area contributed by atoms with Crippen molar-refractivity contribution in [3.8, 4) is 0 Å². The van der Waals surface area contributed by atoms with Gasteiger partial charge in [-0.3, -0.25) is 4.79 Å². The minimum atomic E-state index is 0.0116. The topological polar surface area (TPSA) is 79.5 Å². The summed E-state index contributed by atoms with van der Waals surface area (Å²) < 4.78 is 0. The second kappa shape index (κ2) is 8.29. The highest BCUT2D eigenvalue weighted by Gasteiger charge is 2.10. The third kappa shape index (κ3) is 6.29. The van der Waals surface area contributed by atoms with E-state index in [0.717, 1.165) is 17.7 Å². The number of nitrogens with two attached hydrogens (primary N) is 1. The average molecular weight is 290 g/mol. The summed E-state index contributed by atoms with van der Waals surface area (Å²) in [5.41, 5.74) is 7.57. The predicted molar refractivity (Wildman–Crippen MR) is 88.1 cm³/mol. The largest absolute Gasteiger partial charge is 0.370 e. The van der Waals surface area contributed by atoms with Crippen molar-refractivity contribution in [2.75, 3.05) is 5.32 Å². The molecular formula is C16H26N4O. The van der Waals surface area contributed by atoms with E-state index in [4.69, 9.17) is 5.73 Å². The first-order valence-electron chi connectivity index (χ1n) is 7.38. The van der Waals surface area contributed by atoms with Gasteiger partial charge in [-0.15, -0.1) is 0 Å². The summed E-state index contributed by atoms with van der Waals surface area (Å²) in [6.07, 6.45) is 0.827. The number of hydrogen-bond acceptors (Lipinski definition) is 2. The van der Waals surface area contributed by atoms with Crippen molar-refractivity contribution in [3.63, 3.8) is 0 Å². The average Bonchev–Trinajstić information content (AvgIpc) is 2.44. The molecule has 116 valence electrons. The molecule has 0 radical (unpaired) electrons. The third-order valence-electron chi connectivity index (χ3n) is 3.12. The van der Waals surface area contributed by atoms with Crippen molar-refractivity contribution in [3.05, 3.63) is 29.8 Å². The minimum Gasteiger partial charge on any atom is -0.370 e. The molecule has 21 heavy (non-hydrogen) atoms. The van der Waals surface area contributed by atoms with Gasteiger partial charge in [0.15, 0.2) is 5.96 Å². The molecule has 0 aliphatic carbocycles. The fourth-order valence-electron chi connectivity index (χ4n) is 1.72. The van der Waals surface area contributed by atoms with E-state index in [2.05, 4.69) is 15.6 Å². The van der Waals surface area contributed by atoms with Gasteiger partial charge in [0.05, 0.1) is 6.54 Å². The van der Waals surface area contributed by atoms with Gasteiger partial charge in [-0.05, 0) is 38.0 Å². The van der Waals surface area contributed by atoms with Gasteiger partial charge in [0.2, 0.25) is 5.91 Å². The summed E-state index contributed by atoms with van der Waals surface area (Å²) in [4.78, 5) is 16.2. The fourth-order valence-corrected chi connectivity index (χ4v) is 1.72. The number of rotatable bonds is 6. The third-order valence-corrected chi connectivity index (χ3v) is 3.12. The molecule has 0 saturated carbocycles. The van der Waals surface area contributed by atoms with Gasteiger partial charge >= 0.3 is 0 Å². The summed E-state index contributed by atoms with van der Waals surface area (Å²) in [5, 5.41) is 5.96. The number of nitrogens with zero attached hydrogens (tertiary/aromatic N) is 1. The van der Waals surface area contributed by atoms with E-state index < -0.39 is 0 Å². The van der Waals surface area contributed by atoms with Crippen molar-refractivity contribution in [1.82, 2.24) is 5.32 Å². The molecule has 0 aliphatic heterocycles. The van der Waals surface area contributed by atoms with Gasteiger partial charge in [0.25, 0.3) is 0 Å². The number of anilines is 1. The fraction of sp³-hybridized carbons (Fsp3) is 0.500. The Morgan fingerprint density at radius 2 is 2.05 bits per heavy atom. The number of guanidine groups is 1. The molecule has 0 spiro atoms. The first-order chi connectivity index (χ1) is 9.92. The molecule has 4 N–H and O–H groups in total. The zero-order valence-corrected chi connectivity index (χ0v) is 13.3. The van der Waals surface area contributed by atoms with Crippen molar-refractivity contribution in [2.45, 2.75) is 46.7 Å². The van der Waals surface area contributed by atoms with Crippen LogP contribution < -0.4 is 16.4 Å². The summed E-state index contributed by atoms with van der Waals surface area (Å²) in [6, 6.07) is 7.93. The van der Waals surface area contributed by atoms with Crippen molar-refractivity contribution < 1.29 is 4.79 Å². The number of carbonyl (C=O) groups excluding carboxylic acids is 1. The van der Waals surface area contributed by atoms with Gasteiger partial charge in [0.1, 0.15) is 0 Å². The Labute approximate surface area is 127 Å². The molecule has 0 fully saturated rings. The zero-order valence-electron chi connectivity index (χ0n) is 13.3. The van der Waals surface area contributed by atoms with Crippen molar-refractivity contribution in [1.29, 1.82) is 0 Å². The molecule has 1 rings (SSSR count). The van der Waals surface area contributed by atoms with Crippen LogP contribution in [0.15, 0.2) is 29.3 Å². The van der Waals surface area contributed by atoms with E-state index in [0.29, 0.717) is 12.5 Å². The number of carbonyl (C=O) groups is 1. The Hall–Kier alpha value is -2.04. The molecule has 1 unspecified atom stereocenters. The van der Waals surface area contributed by atoms with Crippen LogP contribution in [0.4, 0.5) is 5.69 Å². The molecule has 1 amide bonds. The molecule has 0 heterocycles. The van der Waals surface area contributed by atoms with Gasteiger partial charge < -0.3 is 16.4 Å². The molecule has 0 aromatic heterocycles. The Balaban J connectivity index is 2.66. The molecule has 5 nitrogen and oxygen atoms in total. The highest BCUT2D eigenvalue weighted by Crippen LogP contribution is 2.13. The maximum atomic E-state index is 11.9. The quantitative estimate of drug-likeness (QED) is 0.556. The Kier molecular flexibility index (Phi) is 6.72. The van der Waals surface area contributed by atoms with E-state index in [9.17, 15) is 4.79 Å². The van der Waals surface area contributed by atoms with Crippen LogP contribution in [-0.4, -0.2) is 17.9 Å². The van der Waals surface area contributed by atoms with E-state index in [1.807, 2.05) is 52.0 Å². The molecule has 1 atom stereocenters. The Bertz CT molecular complexity index is 497. The second-order valence-electron chi connectivity index (χ2n) is 5.50. The first kappa shape index (κ1) is 17.0. The van der Waals surface area contributed by atoms with E-state index >= 15 is 0 Å². The van der Waals surface area contributed by atoms with Crippen LogP contribution >= 0.6 is 0 Å². The number of benzene rings is 1. The molecule has 1 aromatic rings. The summed E-state index contributed by atoms with van der Waals surface area (Å²) >= 11 is 0. The monoisotopic (exact) mass is 290 g/mol. The maximum absolute atomic E-state index is 11.9. The lowest BCUT2D eigenvalue weighted by Gasteiger charge is -2.11. The SMILES string of the molecule is CCC(C)C(=O)Nc1cccc(CN=C(N)NC(C)C)c1. The van der Waals surface area contributed by atoms with Gasteiger partial charge in [0, 0.05) is 17.6 Å². The minimum absolute atomic E-state index is 0.0116. The standard InChI is InChI=1S/C16H26N4O/c1-5-12(4)15(21)20-14-8-6-7-13(9-14)10-18-16(17)19-11(2)3/h6-9,11-12H,5,10H2,1-4H3,(H,20,21)(H3,17,18,19). The molecule has 0 saturated heterocycles. The smallest absolute Gasteiger partial charge is 0.227 e. The van der Waals surface area contributed by atoms with Crippen LogP contribution in [0.25, 0.3) is 0 Å². The van der Waals surface area contributed by atoms with Gasteiger partial charge in [-0.1, -0.05) is 26.0 Å². The summed E-state index contributed by atoms with van der Waals surface area (Å²) in [7, 11) is 0. The lowest BCUT2D eigenvalue weighted by atomic mass is 10.1. The van der Waals surface area contributed by atoms with Gasteiger partial charge in [-0.25, -0.2) is 4.99 Å². The van der Waals surface area contributed by atoms with Crippen LogP contribution in [0.3, 0.4) is 0 Å². The Morgan fingerprint density at radius 3 is 2.67 bits per heavy atom. The molecule has 0 aliphatic rings. The van der Waals surface area contributed by atoms with E-state index in [1.165, 1.54) is 0 Å². The summed E-state index contributed by atoms with van der Waals surface area (Å²) in [6.45, 7) is 8.42. The Morgan fingerprint density at radius 1 is 1.33 bits per heavy atom. The normalized spacial score (nSPS) is 13.1. The lowest BCUT2D eigenvalue weighted by Crippen LogP contribution is -2.36. The van der Waals surface area contributed by atoms with Crippen molar-refractivity contribution in [2.24, 2.45) is 16.6 Å². The molecular weight excluding hydrogens is 264 g/mol. The zero-order chi connectivity index (χ0) is 15.8. The van der Waals surface area contributed by atoms with Crippen LogP contribution in [0.5, 0.6) is 0 Å². The highest BCUT2D eigenvalue weighted by molar-refractivity contribution is 5.92. The molecule has 5 heteroatoms. The summed E-state index contributed by atoms with van der Waals surface area (Å²) in [5.74, 6) is 0.482. The second-order valence-corrected chi connectivity index (χ2v) is 5.50. The van der Waals surface area contributed by atoms with E-state index in [-0.39, 0.29) is 17.9 Å². The lowest BCUT2D eigenvalue weighted by molar-refractivity contribution is -0.119. The molecule has 0 bridgehead atoms. The van der Waals surface area contributed by atoms with Crippen LogP contribution in [-0.2, 0) is 11.3 Å². The van der Waals surface area contributed by atoms with Crippen molar-refractivity contribution >= 4 is 17.6 Å². The number of hydrogen-bond donors (Lipinski definition) is 3.